The largest absolute Gasteiger partial charge is 0.497 e. The van der Waals surface area contributed by atoms with Gasteiger partial charge in [-0.15, -0.1) is 0 Å². The van der Waals surface area contributed by atoms with Crippen molar-refractivity contribution in [1.82, 2.24) is 9.88 Å². The molecule has 0 saturated carbocycles. The smallest absolute Gasteiger partial charge is 0.420 e. The molecule has 0 bridgehead atoms. The molecular weight excluding hydrogens is 342 g/mol. The maximum Gasteiger partial charge on any atom is 0.420 e. The summed E-state index contributed by atoms with van der Waals surface area (Å²) in [6.45, 7) is -0.0579. The highest BCUT2D eigenvalue weighted by Crippen LogP contribution is 2.20. The highest BCUT2D eigenvalue weighted by atomic mass is 16.6. The molecule has 0 radical (unpaired) electrons. The topological polar surface area (TPSA) is 117 Å². The molecule has 0 aliphatic carbocycles. The van der Waals surface area contributed by atoms with Crippen molar-refractivity contribution in [2.24, 2.45) is 0 Å². The molecular formula is C17H15N3O6. The standard InChI is InChI=1S/C17H15N3O6/c1-25-13-4-2-3-11(7-13)9-18-16(21)10-19-14-8-12(20(23)24)5-6-15(14)26-17(19)22/h2-8H,9-10H2,1H3,(H,18,21). The highest BCUT2D eigenvalue weighted by Gasteiger charge is 2.16. The Labute approximate surface area is 146 Å². The van der Waals surface area contributed by atoms with Gasteiger partial charge in [-0.3, -0.25) is 19.5 Å². The number of nitrogens with one attached hydrogen (secondary N) is 1. The molecule has 9 nitrogen and oxygen atoms in total. The second-order valence-corrected chi connectivity index (χ2v) is 5.49. The molecule has 1 N–H and O–H groups in total. The number of methoxy groups -OCH3 is 1. The van der Waals surface area contributed by atoms with Crippen molar-refractivity contribution in [3.05, 3.63) is 68.7 Å². The zero-order chi connectivity index (χ0) is 18.7. The monoisotopic (exact) mass is 357 g/mol. The first kappa shape index (κ1) is 17.2. The van der Waals surface area contributed by atoms with E-state index in [1.54, 1.807) is 25.3 Å². The van der Waals surface area contributed by atoms with E-state index < -0.39 is 16.6 Å². The van der Waals surface area contributed by atoms with Crippen LogP contribution < -0.4 is 15.8 Å². The minimum Gasteiger partial charge on any atom is -0.497 e. The Kier molecular flexibility index (Phi) is 4.70. The lowest BCUT2D eigenvalue weighted by Gasteiger charge is -2.07. The van der Waals surface area contributed by atoms with Crippen LogP contribution in [0.2, 0.25) is 0 Å². The Hall–Kier alpha value is -3.62. The molecule has 0 saturated heterocycles. The molecule has 134 valence electrons. The number of fused-ring (bicyclic) bond motifs is 1. The molecule has 1 aromatic heterocycles. The number of amides is 1. The van der Waals surface area contributed by atoms with E-state index in [1.165, 1.54) is 18.2 Å². The van der Waals surface area contributed by atoms with Gasteiger partial charge < -0.3 is 14.5 Å². The number of oxazole rings is 1. The Morgan fingerprint density at radius 1 is 1.31 bits per heavy atom. The van der Waals surface area contributed by atoms with Gasteiger partial charge in [0.05, 0.1) is 17.5 Å². The highest BCUT2D eigenvalue weighted by molar-refractivity contribution is 5.80. The predicted octanol–water partition coefficient (Wildman–Crippen LogP) is 1.83. The Bertz CT molecular complexity index is 1040. The van der Waals surface area contributed by atoms with Crippen LogP contribution >= 0.6 is 0 Å². The number of nitro groups is 1. The molecule has 0 atom stereocenters. The van der Waals surface area contributed by atoms with Gasteiger partial charge in [0.25, 0.3) is 5.69 Å². The van der Waals surface area contributed by atoms with Crippen LogP contribution in [0.5, 0.6) is 5.75 Å². The maximum absolute atomic E-state index is 12.2. The second-order valence-electron chi connectivity index (χ2n) is 5.49. The Morgan fingerprint density at radius 2 is 2.12 bits per heavy atom. The number of rotatable bonds is 6. The molecule has 1 heterocycles. The van der Waals surface area contributed by atoms with E-state index >= 15 is 0 Å². The number of ether oxygens (including phenoxy) is 1. The third kappa shape index (κ3) is 3.56. The van der Waals surface area contributed by atoms with E-state index in [9.17, 15) is 19.7 Å². The average molecular weight is 357 g/mol. The zero-order valence-electron chi connectivity index (χ0n) is 13.8. The number of aromatic nitrogens is 1. The molecule has 0 fully saturated rings. The van der Waals surface area contributed by atoms with Crippen LogP contribution in [0.3, 0.4) is 0 Å². The molecule has 9 heteroatoms. The lowest BCUT2D eigenvalue weighted by atomic mass is 10.2. The van der Waals surface area contributed by atoms with Crippen molar-refractivity contribution < 1.29 is 18.9 Å². The van der Waals surface area contributed by atoms with Crippen LogP contribution in [0.4, 0.5) is 5.69 Å². The van der Waals surface area contributed by atoms with Crippen LogP contribution in [-0.2, 0) is 17.9 Å². The van der Waals surface area contributed by atoms with E-state index in [4.69, 9.17) is 9.15 Å². The number of nitrogens with zero attached hydrogens (tertiary/aromatic N) is 2. The average Bonchev–Trinajstić information content (AvgIpc) is 2.95. The summed E-state index contributed by atoms with van der Waals surface area (Å²) in [5, 5.41) is 13.6. The number of benzene rings is 2. The summed E-state index contributed by atoms with van der Waals surface area (Å²) in [5.74, 6) is -0.512. The summed E-state index contributed by atoms with van der Waals surface area (Å²) in [6.07, 6.45) is 0. The normalized spacial score (nSPS) is 10.7. The van der Waals surface area contributed by atoms with Gasteiger partial charge in [0.15, 0.2) is 5.58 Å². The molecule has 3 aromatic rings. The molecule has 3 rings (SSSR count). The number of non-ortho nitro benzene ring substituents is 1. The van der Waals surface area contributed by atoms with Gasteiger partial charge in [-0.25, -0.2) is 4.79 Å². The molecule has 0 aliphatic rings. The number of nitro benzene ring substituents is 1. The summed E-state index contributed by atoms with van der Waals surface area (Å²) >= 11 is 0. The van der Waals surface area contributed by atoms with Gasteiger partial charge in [-0.2, -0.15) is 0 Å². The van der Waals surface area contributed by atoms with Gasteiger partial charge in [0, 0.05) is 18.7 Å². The SMILES string of the molecule is COc1cccc(CNC(=O)Cn2c(=O)oc3ccc([N+](=O)[O-])cc32)c1. The summed E-state index contributed by atoms with van der Waals surface area (Å²) in [6, 6.07) is 11.0. The molecule has 26 heavy (non-hydrogen) atoms. The number of hydrogen-bond donors (Lipinski definition) is 1. The van der Waals surface area contributed by atoms with E-state index in [0.29, 0.717) is 5.75 Å². The van der Waals surface area contributed by atoms with Gasteiger partial charge in [-0.05, 0) is 23.8 Å². The summed E-state index contributed by atoms with van der Waals surface area (Å²) < 4.78 is 11.2. The van der Waals surface area contributed by atoms with E-state index in [2.05, 4.69) is 5.32 Å². The van der Waals surface area contributed by atoms with Crippen LogP contribution in [0, 0.1) is 10.1 Å². The Morgan fingerprint density at radius 3 is 2.85 bits per heavy atom. The van der Waals surface area contributed by atoms with Gasteiger partial charge in [-0.1, -0.05) is 12.1 Å². The minimum absolute atomic E-state index is 0.182. The summed E-state index contributed by atoms with van der Waals surface area (Å²) in [5.41, 5.74) is 1.02. The van der Waals surface area contributed by atoms with Crippen molar-refractivity contribution in [2.75, 3.05) is 7.11 Å². The second kappa shape index (κ2) is 7.09. The zero-order valence-corrected chi connectivity index (χ0v) is 13.8. The third-order valence-electron chi connectivity index (χ3n) is 3.79. The quantitative estimate of drug-likeness (QED) is 0.531. The van der Waals surface area contributed by atoms with Gasteiger partial charge in [0.1, 0.15) is 12.3 Å². The first-order valence-electron chi connectivity index (χ1n) is 7.65. The molecule has 0 spiro atoms. The Balaban J connectivity index is 1.76. The molecule has 2 aromatic carbocycles. The van der Waals surface area contributed by atoms with E-state index in [0.717, 1.165) is 10.1 Å². The number of carbonyl (C=O) groups excluding carboxylic acids is 1. The fourth-order valence-electron chi connectivity index (χ4n) is 2.50. The first-order valence-corrected chi connectivity index (χ1v) is 7.65. The first-order chi connectivity index (χ1) is 12.5. The van der Waals surface area contributed by atoms with E-state index in [1.807, 2.05) is 6.07 Å². The summed E-state index contributed by atoms with van der Waals surface area (Å²) in [4.78, 5) is 34.4. The van der Waals surface area contributed by atoms with Crippen molar-refractivity contribution in [3.8, 4) is 5.75 Å². The van der Waals surface area contributed by atoms with Crippen LogP contribution in [0.15, 0.2) is 51.7 Å². The fraction of sp³-hybridized carbons (Fsp3) is 0.176. The molecule has 1 amide bonds. The predicted molar refractivity (Wildman–Crippen MR) is 92.0 cm³/mol. The summed E-state index contributed by atoms with van der Waals surface area (Å²) in [7, 11) is 1.55. The minimum atomic E-state index is -0.753. The van der Waals surface area contributed by atoms with Crippen molar-refractivity contribution >= 4 is 22.7 Å². The number of carbonyl (C=O) groups is 1. The van der Waals surface area contributed by atoms with Crippen molar-refractivity contribution in [2.45, 2.75) is 13.1 Å². The van der Waals surface area contributed by atoms with Crippen LogP contribution in [0.25, 0.3) is 11.1 Å². The lowest BCUT2D eigenvalue weighted by molar-refractivity contribution is -0.384. The molecule has 0 unspecified atom stereocenters. The van der Waals surface area contributed by atoms with Crippen LogP contribution in [-0.4, -0.2) is 22.5 Å². The van der Waals surface area contributed by atoms with Gasteiger partial charge >= 0.3 is 5.76 Å². The van der Waals surface area contributed by atoms with Crippen molar-refractivity contribution in [3.63, 3.8) is 0 Å². The van der Waals surface area contributed by atoms with Gasteiger partial charge in [0.2, 0.25) is 5.91 Å². The van der Waals surface area contributed by atoms with Crippen molar-refractivity contribution in [1.29, 1.82) is 0 Å². The van der Waals surface area contributed by atoms with E-state index in [-0.39, 0.29) is 29.9 Å². The fourth-order valence-corrected chi connectivity index (χ4v) is 2.50. The maximum atomic E-state index is 12.2. The third-order valence-corrected chi connectivity index (χ3v) is 3.79. The lowest BCUT2D eigenvalue weighted by Crippen LogP contribution is -2.30. The number of hydrogen-bond acceptors (Lipinski definition) is 6. The molecule has 0 aliphatic heterocycles. The van der Waals surface area contributed by atoms with Crippen LogP contribution in [0.1, 0.15) is 5.56 Å².